The summed E-state index contributed by atoms with van der Waals surface area (Å²) in [6, 6.07) is 14.8. The topological polar surface area (TPSA) is 38.0 Å². The Morgan fingerprint density at radius 1 is 1.00 bits per heavy atom. The van der Waals surface area contributed by atoms with E-state index in [0.29, 0.717) is 0 Å². The van der Waals surface area contributed by atoms with Crippen molar-refractivity contribution in [1.82, 2.24) is 5.32 Å². The van der Waals surface area contributed by atoms with Crippen molar-refractivity contribution in [2.24, 2.45) is 0 Å². The maximum absolute atomic E-state index is 5.74. The van der Waals surface area contributed by atoms with Gasteiger partial charge in [0.1, 0.15) is 0 Å². The average Bonchev–Trinajstić information content (AvgIpc) is 2.35. The van der Waals surface area contributed by atoms with Crippen LogP contribution in [0.25, 0.3) is 0 Å². The minimum absolute atomic E-state index is 0.214. The van der Waals surface area contributed by atoms with Gasteiger partial charge in [0.05, 0.1) is 6.04 Å². The molecule has 0 aromatic heterocycles. The van der Waals surface area contributed by atoms with Crippen LogP contribution in [0.1, 0.15) is 28.3 Å². The van der Waals surface area contributed by atoms with Crippen LogP contribution in [0.5, 0.6) is 0 Å². The lowest BCUT2D eigenvalue weighted by Gasteiger charge is -2.20. The quantitative estimate of drug-likeness (QED) is 0.809. The van der Waals surface area contributed by atoms with Crippen molar-refractivity contribution in [3.05, 3.63) is 64.7 Å². The zero-order valence-electron chi connectivity index (χ0n) is 11.2. The number of hydrogen-bond donors (Lipinski definition) is 2. The first-order valence-corrected chi connectivity index (χ1v) is 6.21. The van der Waals surface area contributed by atoms with Gasteiger partial charge in [0.2, 0.25) is 0 Å². The molecule has 1 atom stereocenters. The van der Waals surface area contributed by atoms with E-state index >= 15 is 0 Å². The molecule has 0 heterocycles. The van der Waals surface area contributed by atoms with Gasteiger partial charge in [-0.15, -0.1) is 0 Å². The molecule has 0 aliphatic carbocycles. The minimum atomic E-state index is 0.214. The van der Waals surface area contributed by atoms with Crippen molar-refractivity contribution in [3.8, 4) is 0 Å². The Morgan fingerprint density at radius 2 is 1.67 bits per heavy atom. The zero-order valence-corrected chi connectivity index (χ0v) is 11.2. The van der Waals surface area contributed by atoms with Crippen LogP contribution in [0.4, 0.5) is 5.69 Å². The summed E-state index contributed by atoms with van der Waals surface area (Å²) in [6.07, 6.45) is 0. The van der Waals surface area contributed by atoms with Crippen molar-refractivity contribution in [3.63, 3.8) is 0 Å². The molecule has 2 heteroatoms. The van der Waals surface area contributed by atoms with Gasteiger partial charge in [0.25, 0.3) is 0 Å². The van der Waals surface area contributed by atoms with E-state index in [4.69, 9.17) is 5.73 Å². The number of nitrogen functional groups attached to an aromatic ring is 1. The van der Waals surface area contributed by atoms with Gasteiger partial charge in [-0.25, -0.2) is 0 Å². The van der Waals surface area contributed by atoms with Crippen molar-refractivity contribution >= 4 is 5.69 Å². The van der Waals surface area contributed by atoms with E-state index in [2.05, 4.69) is 49.5 Å². The van der Waals surface area contributed by atoms with E-state index in [1.165, 1.54) is 22.3 Å². The third-order valence-corrected chi connectivity index (χ3v) is 3.29. The smallest absolute Gasteiger partial charge is 0.0576 e. The predicted molar refractivity (Wildman–Crippen MR) is 77.7 cm³/mol. The number of rotatable bonds is 3. The summed E-state index contributed by atoms with van der Waals surface area (Å²) < 4.78 is 0. The fourth-order valence-corrected chi connectivity index (χ4v) is 2.34. The van der Waals surface area contributed by atoms with Crippen molar-refractivity contribution < 1.29 is 0 Å². The van der Waals surface area contributed by atoms with Crippen molar-refractivity contribution in [2.45, 2.75) is 19.9 Å². The summed E-state index contributed by atoms with van der Waals surface area (Å²) in [5.74, 6) is 0. The molecular weight excluding hydrogens is 220 g/mol. The molecule has 2 rings (SSSR count). The highest BCUT2D eigenvalue weighted by Gasteiger charge is 2.13. The fourth-order valence-electron chi connectivity index (χ4n) is 2.34. The SMILES string of the molecule is CNC(c1ccc(N)cc1)c1ccc(C)cc1C. The molecule has 18 heavy (non-hydrogen) atoms. The highest BCUT2D eigenvalue weighted by atomic mass is 14.9. The normalized spacial score (nSPS) is 12.4. The van der Waals surface area contributed by atoms with Gasteiger partial charge < -0.3 is 11.1 Å². The summed E-state index contributed by atoms with van der Waals surface area (Å²) in [5.41, 5.74) is 11.7. The number of nitrogens with one attached hydrogen (secondary N) is 1. The lowest BCUT2D eigenvalue weighted by molar-refractivity contribution is 0.687. The summed E-state index contributed by atoms with van der Waals surface area (Å²) in [4.78, 5) is 0. The number of hydrogen-bond acceptors (Lipinski definition) is 2. The minimum Gasteiger partial charge on any atom is -0.399 e. The van der Waals surface area contributed by atoms with Crippen LogP contribution < -0.4 is 11.1 Å². The largest absolute Gasteiger partial charge is 0.399 e. The molecule has 0 spiro atoms. The second-order valence-electron chi connectivity index (χ2n) is 4.75. The summed E-state index contributed by atoms with van der Waals surface area (Å²) in [7, 11) is 1.99. The lowest BCUT2D eigenvalue weighted by Crippen LogP contribution is -2.18. The zero-order chi connectivity index (χ0) is 13.1. The lowest BCUT2D eigenvalue weighted by atomic mass is 9.94. The molecule has 0 amide bonds. The average molecular weight is 240 g/mol. The Balaban J connectivity index is 2.41. The number of aryl methyl sites for hydroxylation is 2. The van der Waals surface area contributed by atoms with E-state index in [9.17, 15) is 0 Å². The molecule has 2 aromatic rings. The Labute approximate surface area is 109 Å². The van der Waals surface area contributed by atoms with E-state index in [1.807, 2.05) is 19.2 Å². The Hall–Kier alpha value is -1.80. The maximum atomic E-state index is 5.74. The van der Waals surface area contributed by atoms with E-state index in [0.717, 1.165) is 5.69 Å². The van der Waals surface area contributed by atoms with Gasteiger partial charge in [-0.1, -0.05) is 35.9 Å². The molecule has 1 unspecified atom stereocenters. The van der Waals surface area contributed by atoms with Crippen LogP contribution in [0.2, 0.25) is 0 Å². The fraction of sp³-hybridized carbons (Fsp3) is 0.250. The first-order valence-electron chi connectivity index (χ1n) is 6.21. The number of anilines is 1. The maximum Gasteiger partial charge on any atom is 0.0576 e. The van der Waals surface area contributed by atoms with Gasteiger partial charge in [0, 0.05) is 5.69 Å². The molecule has 94 valence electrons. The standard InChI is InChI=1S/C16H20N2/c1-11-4-9-15(12(2)10-11)16(18-3)13-5-7-14(17)8-6-13/h4-10,16,18H,17H2,1-3H3. The molecular formula is C16H20N2. The molecule has 2 aromatic carbocycles. The molecule has 0 fully saturated rings. The monoisotopic (exact) mass is 240 g/mol. The van der Waals surface area contributed by atoms with Gasteiger partial charge in [-0.05, 0) is 49.7 Å². The van der Waals surface area contributed by atoms with Crippen molar-refractivity contribution in [2.75, 3.05) is 12.8 Å². The van der Waals surface area contributed by atoms with Gasteiger partial charge in [-0.3, -0.25) is 0 Å². The number of benzene rings is 2. The van der Waals surface area contributed by atoms with Gasteiger partial charge in [-0.2, -0.15) is 0 Å². The van der Waals surface area contributed by atoms with Crippen LogP contribution >= 0.6 is 0 Å². The molecule has 0 saturated carbocycles. The molecule has 0 aliphatic rings. The van der Waals surface area contributed by atoms with Crippen LogP contribution in [0.3, 0.4) is 0 Å². The Kier molecular flexibility index (Phi) is 3.68. The van der Waals surface area contributed by atoms with Crippen molar-refractivity contribution in [1.29, 1.82) is 0 Å². The summed E-state index contributed by atoms with van der Waals surface area (Å²) >= 11 is 0. The second kappa shape index (κ2) is 5.23. The highest BCUT2D eigenvalue weighted by Crippen LogP contribution is 2.25. The van der Waals surface area contributed by atoms with Crippen LogP contribution in [-0.4, -0.2) is 7.05 Å². The molecule has 0 aliphatic heterocycles. The van der Waals surface area contributed by atoms with E-state index < -0.39 is 0 Å². The van der Waals surface area contributed by atoms with E-state index in [1.54, 1.807) is 0 Å². The van der Waals surface area contributed by atoms with Gasteiger partial charge in [0.15, 0.2) is 0 Å². The molecule has 3 N–H and O–H groups in total. The van der Waals surface area contributed by atoms with E-state index in [-0.39, 0.29) is 6.04 Å². The predicted octanol–water partition coefficient (Wildman–Crippen LogP) is 3.19. The molecule has 0 saturated heterocycles. The second-order valence-corrected chi connectivity index (χ2v) is 4.75. The molecule has 0 bridgehead atoms. The molecule has 0 radical (unpaired) electrons. The Morgan fingerprint density at radius 3 is 2.22 bits per heavy atom. The molecule has 2 nitrogen and oxygen atoms in total. The van der Waals surface area contributed by atoms with Crippen LogP contribution in [0.15, 0.2) is 42.5 Å². The van der Waals surface area contributed by atoms with Crippen LogP contribution in [0, 0.1) is 13.8 Å². The Bertz CT molecular complexity index is 529. The first kappa shape index (κ1) is 12.7. The third kappa shape index (κ3) is 2.54. The number of nitrogens with two attached hydrogens (primary N) is 1. The third-order valence-electron chi connectivity index (χ3n) is 3.29. The summed E-state index contributed by atoms with van der Waals surface area (Å²) in [5, 5.41) is 3.37. The van der Waals surface area contributed by atoms with Gasteiger partial charge >= 0.3 is 0 Å². The highest BCUT2D eigenvalue weighted by molar-refractivity contribution is 5.44. The first-order chi connectivity index (χ1) is 8.61. The summed E-state index contributed by atoms with van der Waals surface area (Å²) in [6.45, 7) is 4.28. The van der Waals surface area contributed by atoms with Crippen LogP contribution in [-0.2, 0) is 0 Å².